The molecule has 2 aliphatic heterocycles. The van der Waals surface area contributed by atoms with Crippen LogP contribution in [0.2, 0.25) is 0 Å². The Balaban J connectivity index is 1.76. The van der Waals surface area contributed by atoms with Crippen LogP contribution in [0.15, 0.2) is 23.8 Å². The second kappa shape index (κ2) is 24.7. The van der Waals surface area contributed by atoms with Gasteiger partial charge in [0, 0.05) is 42.4 Å². The Morgan fingerprint density at radius 3 is 2.29 bits per heavy atom. The fourth-order valence-corrected chi connectivity index (χ4v) is 9.74. The van der Waals surface area contributed by atoms with Gasteiger partial charge in [0.15, 0.2) is 18.9 Å². The number of likely N-dealkylation sites (N-methyl/N-ethyl adjacent to an activating group) is 1. The van der Waals surface area contributed by atoms with E-state index in [1.807, 2.05) is 46.7 Å². The first-order valence-electron chi connectivity index (χ1n) is 23.0. The number of hydrogen-bond acceptors (Lipinski definition) is 13. The molecular formula is C46H88N4O9. The standard InChI is InChI=1S/C46H88N4O9/c1-13-38-31(5)40(52)35(9)50(24-18-23-47-45(55)48-34(8)29(3)19-17-22-36-20-15-14-16-21-36)27-28(2)26-46(10,56)42(32(6)39(51)33(7)43(54)58-38)59-44-41(53)37(49(11)12)25-30(4)57-44/h14-15,20,28-35,37-45,47-48,51-56H,13,16-19,21-27H2,1-12H3/t28?,29?,30?,31?,32-,33?,34?,35?,37?,38?,39?,40?,41+,42?,43?,44?,45?,46?/m1/s1. The molecule has 13 nitrogen and oxygen atoms in total. The van der Waals surface area contributed by atoms with E-state index in [0.717, 1.165) is 32.1 Å². The van der Waals surface area contributed by atoms with Gasteiger partial charge in [0.1, 0.15) is 6.10 Å². The Morgan fingerprint density at radius 1 is 0.966 bits per heavy atom. The summed E-state index contributed by atoms with van der Waals surface area (Å²) in [5, 5.41) is 76.3. The lowest BCUT2D eigenvalue weighted by molar-refractivity contribution is -0.301. The zero-order chi connectivity index (χ0) is 44.2. The van der Waals surface area contributed by atoms with Crippen molar-refractivity contribution in [3.8, 4) is 0 Å². The maximum absolute atomic E-state index is 12.4. The third kappa shape index (κ3) is 15.6. The highest BCUT2D eigenvalue weighted by atomic mass is 16.7. The summed E-state index contributed by atoms with van der Waals surface area (Å²) in [6, 6.07) is -0.395. The van der Waals surface area contributed by atoms with Crippen LogP contribution < -0.4 is 10.6 Å². The molecule has 0 radical (unpaired) electrons. The normalized spacial score (nSPS) is 40.2. The van der Waals surface area contributed by atoms with Crippen molar-refractivity contribution in [2.45, 2.75) is 206 Å². The molecule has 0 aromatic carbocycles. The molecule has 13 heteroatoms. The molecule has 0 saturated carbocycles. The van der Waals surface area contributed by atoms with Crippen LogP contribution >= 0.6 is 0 Å². The number of nitrogens with one attached hydrogen (secondary N) is 2. The molecule has 16 unspecified atom stereocenters. The van der Waals surface area contributed by atoms with E-state index in [2.05, 4.69) is 54.5 Å². The lowest BCUT2D eigenvalue weighted by Gasteiger charge is -2.47. The molecule has 3 aliphatic rings. The Bertz CT molecular complexity index is 1260. The Kier molecular flexibility index (Phi) is 21.9. The van der Waals surface area contributed by atoms with Gasteiger partial charge >= 0.3 is 0 Å². The van der Waals surface area contributed by atoms with Gasteiger partial charge < -0.3 is 49.7 Å². The maximum atomic E-state index is 12.4. The molecule has 18 atom stereocenters. The lowest BCUT2D eigenvalue weighted by Crippen LogP contribution is -2.59. The molecule has 2 saturated heterocycles. The largest absolute Gasteiger partial charge is 0.392 e. The molecule has 3 rings (SSSR count). The molecule has 0 aromatic rings. The zero-order valence-electron chi connectivity index (χ0n) is 38.8. The minimum atomic E-state index is -1.49. The first-order chi connectivity index (χ1) is 27.7. The van der Waals surface area contributed by atoms with Gasteiger partial charge in [0.2, 0.25) is 0 Å². The summed E-state index contributed by atoms with van der Waals surface area (Å²) in [5.41, 5.74) is 0.0284. The van der Waals surface area contributed by atoms with E-state index in [0.29, 0.717) is 44.8 Å². The van der Waals surface area contributed by atoms with E-state index < -0.39 is 66.9 Å². The van der Waals surface area contributed by atoms with Gasteiger partial charge in [-0.1, -0.05) is 65.3 Å². The highest BCUT2D eigenvalue weighted by Crippen LogP contribution is 2.37. The van der Waals surface area contributed by atoms with Crippen LogP contribution in [0, 0.1) is 29.6 Å². The molecular weight excluding hydrogens is 753 g/mol. The first-order valence-corrected chi connectivity index (χ1v) is 23.0. The van der Waals surface area contributed by atoms with Crippen LogP contribution in [0.25, 0.3) is 0 Å². The van der Waals surface area contributed by atoms with Gasteiger partial charge in [-0.3, -0.25) is 15.5 Å². The van der Waals surface area contributed by atoms with E-state index in [1.165, 1.54) is 5.57 Å². The molecule has 0 spiro atoms. The SMILES string of the molecule is CCC1OC(O)C(C)C(O)[C@@H](C)C(OC2OC(C)CC(N(C)C)[C@@H]2O)C(C)(O)CC(C)CN(CCCNC(O)NC(C)C(C)CCCC2=CC=CCC2)C(C)C(O)C1C. The molecule has 1 aliphatic carbocycles. The summed E-state index contributed by atoms with van der Waals surface area (Å²) in [5.74, 6) is -1.49. The van der Waals surface area contributed by atoms with Gasteiger partial charge in [0.25, 0.3) is 0 Å². The summed E-state index contributed by atoms with van der Waals surface area (Å²) < 4.78 is 19.0. The Hall–Kier alpha value is -1.04. The summed E-state index contributed by atoms with van der Waals surface area (Å²) in [6.45, 7) is 21.2. The summed E-state index contributed by atoms with van der Waals surface area (Å²) in [6.07, 6.45) is 6.53. The minimum Gasteiger partial charge on any atom is -0.392 e. The molecule has 346 valence electrons. The van der Waals surface area contributed by atoms with E-state index in [-0.39, 0.29) is 42.5 Å². The maximum Gasteiger partial charge on any atom is 0.185 e. The number of rotatable bonds is 16. The lowest BCUT2D eigenvalue weighted by atomic mass is 9.77. The molecule has 2 fully saturated rings. The van der Waals surface area contributed by atoms with Crippen molar-refractivity contribution in [1.82, 2.24) is 20.4 Å². The van der Waals surface area contributed by atoms with Crippen LogP contribution in [0.3, 0.4) is 0 Å². The summed E-state index contributed by atoms with van der Waals surface area (Å²) in [7, 11) is 3.81. The van der Waals surface area contributed by atoms with Crippen LogP contribution in [0.1, 0.15) is 127 Å². The molecule has 59 heavy (non-hydrogen) atoms. The van der Waals surface area contributed by atoms with Crippen molar-refractivity contribution >= 4 is 0 Å². The highest BCUT2D eigenvalue weighted by Gasteiger charge is 2.48. The van der Waals surface area contributed by atoms with Crippen molar-refractivity contribution < 1.29 is 44.8 Å². The van der Waals surface area contributed by atoms with E-state index >= 15 is 0 Å². The number of aliphatic hydroxyl groups excluding tert-OH is 5. The smallest absolute Gasteiger partial charge is 0.185 e. The third-order valence-electron chi connectivity index (χ3n) is 13.9. The molecule has 0 bridgehead atoms. The van der Waals surface area contributed by atoms with Crippen molar-refractivity contribution in [1.29, 1.82) is 0 Å². The quantitative estimate of drug-likeness (QED) is 0.0814. The number of nitrogens with zero attached hydrogens (tertiary/aromatic N) is 2. The fraction of sp³-hybridized carbons (Fsp3) is 0.913. The van der Waals surface area contributed by atoms with Crippen molar-refractivity contribution in [3.63, 3.8) is 0 Å². The Labute approximate surface area is 357 Å². The number of hydrogen-bond donors (Lipinski definition) is 8. The minimum absolute atomic E-state index is 0.0872. The molecule has 8 N–H and O–H groups in total. The van der Waals surface area contributed by atoms with Crippen LogP contribution in [0.4, 0.5) is 0 Å². The zero-order valence-corrected chi connectivity index (χ0v) is 38.8. The summed E-state index contributed by atoms with van der Waals surface area (Å²) in [4.78, 5) is 4.19. The van der Waals surface area contributed by atoms with Crippen molar-refractivity contribution in [2.24, 2.45) is 29.6 Å². The van der Waals surface area contributed by atoms with Crippen molar-refractivity contribution in [2.75, 3.05) is 33.7 Å². The molecule has 0 amide bonds. The fourth-order valence-electron chi connectivity index (χ4n) is 9.74. The van der Waals surface area contributed by atoms with Gasteiger partial charge in [-0.05, 0) is 125 Å². The van der Waals surface area contributed by atoms with Crippen LogP contribution in [-0.2, 0) is 14.2 Å². The average Bonchev–Trinajstić information content (AvgIpc) is 3.18. The van der Waals surface area contributed by atoms with Gasteiger partial charge in [0.05, 0.1) is 36.1 Å². The molecule has 2 heterocycles. The number of allylic oxidation sites excluding steroid dienone is 4. The van der Waals surface area contributed by atoms with E-state index in [4.69, 9.17) is 14.2 Å². The monoisotopic (exact) mass is 841 g/mol. The van der Waals surface area contributed by atoms with Gasteiger partial charge in [-0.15, -0.1) is 0 Å². The van der Waals surface area contributed by atoms with Crippen LogP contribution in [-0.4, -0.2) is 153 Å². The second-order valence-electron chi connectivity index (χ2n) is 19.4. The van der Waals surface area contributed by atoms with Gasteiger partial charge in [-0.2, -0.15) is 0 Å². The van der Waals surface area contributed by atoms with Crippen LogP contribution in [0.5, 0.6) is 0 Å². The number of aliphatic hydroxyl groups is 6. The average molecular weight is 841 g/mol. The van der Waals surface area contributed by atoms with Crippen molar-refractivity contribution in [3.05, 3.63) is 23.8 Å². The second-order valence-corrected chi connectivity index (χ2v) is 19.4. The summed E-state index contributed by atoms with van der Waals surface area (Å²) >= 11 is 0. The topological polar surface area (TPSA) is 180 Å². The van der Waals surface area contributed by atoms with E-state index in [1.54, 1.807) is 20.8 Å². The Morgan fingerprint density at radius 2 is 1.66 bits per heavy atom. The first kappa shape index (κ1) is 52.3. The van der Waals surface area contributed by atoms with E-state index in [9.17, 15) is 30.6 Å². The highest BCUT2D eigenvalue weighted by molar-refractivity contribution is 5.17. The van der Waals surface area contributed by atoms with Gasteiger partial charge in [-0.25, -0.2) is 0 Å². The third-order valence-corrected chi connectivity index (χ3v) is 13.9. The number of ether oxygens (including phenoxy) is 3. The predicted molar refractivity (Wildman–Crippen MR) is 234 cm³/mol. The predicted octanol–water partition coefficient (Wildman–Crippen LogP) is 4.34. The molecule has 0 aromatic heterocycles.